The number of hydrogen-bond donors (Lipinski definition) is 1. The average Bonchev–Trinajstić information content (AvgIpc) is 3.41. The van der Waals surface area contributed by atoms with Crippen LogP contribution in [0.2, 0.25) is 0 Å². The number of nitrogens with zero attached hydrogens (tertiary/aromatic N) is 2. The summed E-state index contributed by atoms with van der Waals surface area (Å²) in [5.41, 5.74) is 20.8. The standard InChI is InChI=1S/C64H46BN3/c1-6-20-45(21-7-1)48-27-18-29-52(40-48)66-61-44-56(67(53-30-12-4-13-31-53)54-32-14-5-15-33-54)37-38-58(61)59-42-51-26-16-17-35-57(51)64-63(59)65-60-39-36-50(47-24-10-3-11-25-47)43-62(60)68(64)55-34-19-28-49(41-55)46-22-8-2-9-23-46/h1-44,65-66H. The van der Waals surface area contributed by atoms with E-state index in [9.17, 15) is 0 Å². The third-order valence-corrected chi connectivity index (χ3v) is 13.2. The molecule has 68 heavy (non-hydrogen) atoms. The fraction of sp³-hybridized carbons (Fsp3) is 0. The summed E-state index contributed by atoms with van der Waals surface area (Å²) in [6.07, 6.45) is 0. The lowest BCUT2D eigenvalue weighted by atomic mass is 9.57. The van der Waals surface area contributed by atoms with Crippen LogP contribution in [0.1, 0.15) is 0 Å². The van der Waals surface area contributed by atoms with E-state index in [1.807, 2.05) is 0 Å². The summed E-state index contributed by atoms with van der Waals surface area (Å²) in [7, 11) is 0.764. The van der Waals surface area contributed by atoms with Crippen molar-refractivity contribution in [3.63, 3.8) is 0 Å². The van der Waals surface area contributed by atoms with E-state index >= 15 is 0 Å². The minimum Gasteiger partial charge on any atom is -0.355 e. The Bertz CT molecular complexity index is 3520. The molecule has 11 aromatic carbocycles. The van der Waals surface area contributed by atoms with Gasteiger partial charge in [-0.15, -0.1) is 0 Å². The van der Waals surface area contributed by atoms with Crippen LogP contribution in [0.3, 0.4) is 0 Å². The van der Waals surface area contributed by atoms with Gasteiger partial charge in [0.25, 0.3) is 0 Å². The third-order valence-electron chi connectivity index (χ3n) is 13.2. The topological polar surface area (TPSA) is 18.5 Å². The lowest BCUT2D eigenvalue weighted by Gasteiger charge is -2.36. The van der Waals surface area contributed by atoms with Gasteiger partial charge in [0.15, 0.2) is 7.28 Å². The second-order valence-electron chi connectivity index (χ2n) is 17.4. The van der Waals surface area contributed by atoms with E-state index in [1.165, 1.54) is 66.5 Å². The number of fused-ring (bicyclic) bond motifs is 4. The number of para-hydroxylation sites is 2. The molecule has 1 aliphatic heterocycles. The van der Waals surface area contributed by atoms with Crippen LogP contribution in [0.15, 0.2) is 267 Å². The van der Waals surface area contributed by atoms with E-state index in [-0.39, 0.29) is 0 Å². The molecule has 1 N–H and O–H groups in total. The van der Waals surface area contributed by atoms with Crippen LogP contribution in [0, 0.1) is 0 Å². The van der Waals surface area contributed by atoms with Gasteiger partial charge in [0.05, 0.1) is 0 Å². The third kappa shape index (κ3) is 7.78. The van der Waals surface area contributed by atoms with Gasteiger partial charge in [0.1, 0.15) is 0 Å². The van der Waals surface area contributed by atoms with E-state index in [1.54, 1.807) is 0 Å². The van der Waals surface area contributed by atoms with Crippen molar-refractivity contribution in [2.75, 3.05) is 15.1 Å². The Morgan fingerprint density at radius 3 is 1.56 bits per heavy atom. The minimum atomic E-state index is 0.764. The molecule has 1 aliphatic rings. The monoisotopic (exact) mass is 867 g/mol. The highest BCUT2D eigenvalue weighted by Crippen LogP contribution is 2.46. The lowest BCUT2D eigenvalue weighted by Crippen LogP contribution is -2.41. The van der Waals surface area contributed by atoms with Crippen molar-refractivity contribution in [1.82, 2.24) is 0 Å². The highest BCUT2D eigenvalue weighted by molar-refractivity contribution is 6.74. The molecule has 0 bridgehead atoms. The van der Waals surface area contributed by atoms with Gasteiger partial charge in [-0.05, 0) is 123 Å². The van der Waals surface area contributed by atoms with Crippen molar-refractivity contribution >= 4 is 74.5 Å². The van der Waals surface area contributed by atoms with Gasteiger partial charge in [-0.1, -0.05) is 200 Å². The Hall–Kier alpha value is -8.86. The first-order valence-electron chi connectivity index (χ1n) is 23.4. The zero-order valence-corrected chi connectivity index (χ0v) is 37.5. The summed E-state index contributed by atoms with van der Waals surface area (Å²) in [5.74, 6) is 0. The maximum atomic E-state index is 4.01. The van der Waals surface area contributed by atoms with Crippen LogP contribution in [0.5, 0.6) is 0 Å². The normalized spacial score (nSPS) is 11.6. The van der Waals surface area contributed by atoms with Crippen molar-refractivity contribution in [3.05, 3.63) is 267 Å². The predicted octanol–water partition coefficient (Wildman–Crippen LogP) is 15.9. The first-order valence-corrected chi connectivity index (χ1v) is 23.4. The second kappa shape index (κ2) is 17.8. The van der Waals surface area contributed by atoms with Gasteiger partial charge in [0.2, 0.25) is 0 Å². The van der Waals surface area contributed by atoms with Gasteiger partial charge in [-0.2, -0.15) is 0 Å². The number of hydrogen-bond acceptors (Lipinski definition) is 3. The van der Waals surface area contributed by atoms with Gasteiger partial charge >= 0.3 is 0 Å². The van der Waals surface area contributed by atoms with E-state index < -0.39 is 0 Å². The van der Waals surface area contributed by atoms with Crippen LogP contribution in [-0.4, -0.2) is 7.28 Å². The number of anilines is 8. The molecule has 0 unspecified atom stereocenters. The summed E-state index contributed by atoms with van der Waals surface area (Å²) >= 11 is 0. The quantitative estimate of drug-likeness (QED) is 0.138. The molecular weight excluding hydrogens is 822 g/mol. The molecule has 0 amide bonds. The van der Waals surface area contributed by atoms with E-state index in [4.69, 9.17) is 0 Å². The van der Waals surface area contributed by atoms with Crippen molar-refractivity contribution in [1.29, 1.82) is 0 Å². The van der Waals surface area contributed by atoms with Gasteiger partial charge in [-0.25, -0.2) is 0 Å². The van der Waals surface area contributed by atoms with Crippen molar-refractivity contribution in [2.45, 2.75) is 0 Å². The second-order valence-corrected chi connectivity index (χ2v) is 17.4. The van der Waals surface area contributed by atoms with E-state index in [2.05, 4.69) is 282 Å². The molecule has 4 heteroatoms. The fourth-order valence-electron chi connectivity index (χ4n) is 9.99. The maximum absolute atomic E-state index is 4.01. The smallest absolute Gasteiger partial charge is 0.198 e. The summed E-state index contributed by atoms with van der Waals surface area (Å²) < 4.78 is 0. The fourth-order valence-corrected chi connectivity index (χ4v) is 9.99. The van der Waals surface area contributed by atoms with Gasteiger partial charge in [0, 0.05) is 56.4 Å². The average molecular weight is 868 g/mol. The molecule has 320 valence electrons. The molecule has 12 rings (SSSR count). The Kier molecular flexibility index (Phi) is 10.7. The first kappa shape index (κ1) is 40.6. The van der Waals surface area contributed by atoms with E-state index in [0.717, 1.165) is 52.5 Å². The SMILES string of the molecule is B1c2ccc(-c3ccccc3)cc2N(c2cccc(-c3ccccc3)c2)c2c1c(-c1ccc(N(c3ccccc3)c3ccccc3)cc1Nc1cccc(-c3ccccc3)c1)cc1ccccc21. The number of rotatable bonds is 10. The molecule has 1 heterocycles. The summed E-state index contributed by atoms with van der Waals surface area (Å²) in [6, 6.07) is 96.5. The largest absolute Gasteiger partial charge is 0.355 e. The molecule has 0 saturated heterocycles. The highest BCUT2D eigenvalue weighted by atomic mass is 15.2. The summed E-state index contributed by atoms with van der Waals surface area (Å²) in [5, 5.41) is 6.41. The first-order chi connectivity index (χ1) is 33.7. The van der Waals surface area contributed by atoms with Crippen LogP contribution in [0.4, 0.5) is 45.5 Å². The highest BCUT2D eigenvalue weighted by Gasteiger charge is 2.31. The Balaban J connectivity index is 1.10. The van der Waals surface area contributed by atoms with E-state index in [0.29, 0.717) is 0 Å². The van der Waals surface area contributed by atoms with Crippen LogP contribution >= 0.6 is 0 Å². The lowest BCUT2D eigenvalue weighted by molar-refractivity contribution is 1.28. The molecular formula is C64H46BN3. The molecule has 0 aliphatic carbocycles. The van der Waals surface area contributed by atoms with Crippen molar-refractivity contribution in [3.8, 4) is 44.5 Å². The molecule has 0 spiro atoms. The van der Waals surface area contributed by atoms with Gasteiger partial charge < -0.3 is 15.1 Å². The molecule has 0 fully saturated rings. The molecule has 3 nitrogen and oxygen atoms in total. The minimum absolute atomic E-state index is 0.764. The van der Waals surface area contributed by atoms with Crippen LogP contribution < -0.4 is 26.0 Å². The summed E-state index contributed by atoms with van der Waals surface area (Å²) in [4.78, 5) is 4.88. The molecule has 0 atom stereocenters. The molecule has 0 aromatic heterocycles. The van der Waals surface area contributed by atoms with Crippen LogP contribution in [0.25, 0.3) is 55.3 Å². The molecule has 0 saturated carbocycles. The Labute approximate surface area is 399 Å². The zero-order chi connectivity index (χ0) is 45.2. The number of benzene rings is 11. The van der Waals surface area contributed by atoms with Crippen molar-refractivity contribution in [2.24, 2.45) is 0 Å². The Morgan fingerprint density at radius 1 is 0.368 bits per heavy atom. The Morgan fingerprint density at radius 2 is 0.912 bits per heavy atom. The van der Waals surface area contributed by atoms with Crippen molar-refractivity contribution < 1.29 is 0 Å². The maximum Gasteiger partial charge on any atom is 0.198 e. The molecule has 11 aromatic rings. The summed E-state index contributed by atoms with van der Waals surface area (Å²) in [6.45, 7) is 0. The zero-order valence-electron chi connectivity index (χ0n) is 37.5. The van der Waals surface area contributed by atoms with Gasteiger partial charge in [-0.3, -0.25) is 0 Å². The number of nitrogens with one attached hydrogen (secondary N) is 1. The van der Waals surface area contributed by atoms with Crippen LogP contribution in [-0.2, 0) is 0 Å². The predicted molar refractivity (Wildman–Crippen MR) is 291 cm³/mol. The molecule has 0 radical (unpaired) electrons.